The van der Waals surface area contributed by atoms with E-state index in [1.807, 2.05) is 13.8 Å². The van der Waals surface area contributed by atoms with Crippen molar-refractivity contribution in [1.82, 2.24) is 10.3 Å². The van der Waals surface area contributed by atoms with Gasteiger partial charge >= 0.3 is 0 Å². The van der Waals surface area contributed by atoms with Gasteiger partial charge in [-0.1, -0.05) is 15.9 Å². The summed E-state index contributed by atoms with van der Waals surface area (Å²) in [7, 11) is 1.65. The van der Waals surface area contributed by atoms with Crippen LogP contribution >= 0.6 is 27.3 Å². The number of benzene rings is 1. The summed E-state index contributed by atoms with van der Waals surface area (Å²) in [6.45, 7) is 5.19. The summed E-state index contributed by atoms with van der Waals surface area (Å²) < 4.78 is 20.1. The third-order valence-corrected chi connectivity index (χ3v) is 4.85. The summed E-state index contributed by atoms with van der Waals surface area (Å²) in [5.74, 6) is -0.237. The lowest BCUT2D eigenvalue weighted by atomic mass is 10.1. The van der Waals surface area contributed by atoms with E-state index in [-0.39, 0.29) is 11.9 Å². The zero-order chi connectivity index (χ0) is 15.4. The lowest BCUT2D eigenvalue weighted by Gasteiger charge is -2.18. The molecule has 1 aromatic heterocycles. The van der Waals surface area contributed by atoms with Crippen LogP contribution in [0.1, 0.15) is 27.2 Å². The molecule has 0 saturated heterocycles. The van der Waals surface area contributed by atoms with E-state index in [1.54, 1.807) is 30.6 Å². The van der Waals surface area contributed by atoms with Crippen LogP contribution in [0.15, 0.2) is 22.7 Å². The van der Waals surface area contributed by atoms with Gasteiger partial charge in [-0.15, -0.1) is 11.3 Å². The molecule has 1 N–H and O–H groups in total. The zero-order valence-electron chi connectivity index (χ0n) is 12.2. The van der Waals surface area contributed by atoms with Crippen molar-refractivity contribution < 1.29 is 9.13 Å². The number of halogens is 2. The molecule has 0 amide bonds. The van der Waals surface area contributed by atoms with Crippen molar-refractivity contribution in [3.63, 3.8) is 0 Å². The molecule has 0 aliphatic heterocycles. The molecule has 0 aliphatic rings. The number of hydrogen-bond donors (Lipinski definition) is 1. The Balaban J connectivity index is 2.37. The van der Waals surface area contributed by atoms with E-state index in [4.69, 9.17) is 4.74 Å². The Morgan fingerprint density at radius 2 is 2.19 bits per heavy atom. The Hall–Kier alpha value is -0.820. The molecule has 6 heteroatoms. The second kappa shape index (κ2) is 7.45. The van der Waals surface area contributed by atoms with Gasteiger partial charge in [-0.25, -0.2) is 9.37 Å². The minimum absolute atomic E-state index is 0.237. The van der Waals surface area contributed by atoms with E-state index in [1.165, 1.54) is 6.07 Å². The molecule has 2 rings (SSSR count). The molecule has 0 bridgehead atoms. The summed E-state index contributed by atoms with van der Waals surface area (Å²) in [4.78, 5) is 5.72. The van der Waals surface area contributed by atoms with Gasteiger partial charge in [0.25, 0.3) is 0 Å². The number of nitrogens with one attached hydrogen (secondary N) is 1. The van der Waals surface area contributed by atoms with Crippen LogP contribution < -0.4 is 5.32 Å². The molecule has 1 unspecified atom stereocenters. The van der Waals surface area contributed by atoms with Crippen molar-refractivity contribution in [3.8, 4) is 0 Å². The fourth-order valence-corrected chi connectivity index (χ4v) is 3.39. The van der Waals surface area contributed by atoms with Crippen LogP contribution in [-0.4, -0.2) is 25.2 Å². The highest BCUT2D eigenvalue weighted by Crippen LogP contribution is 2.30. The Morgan fingerprint density at radius 1 is 1.43 bits per heavy atom. The summed E-state index contributed by atoms with van der Waals surface area (Å²) in [6.07, 6.45) is 0. The molecule has 0 spiro atoms. The fourth-order valence-electron chi connectivity index (χ4n) is 1.99. The number of aryl methyl sites for hydroxylation is 2. The molecule has 0 saturated carbocycles. The minimum Gasteiger partial charge on any atom is -0.383 e. The fraction of sp³-hybridized carbons (Fsp3) is 0.400. The van der Waals surface area contributed by atoms with Crippen molar-refractivity contribution in [1.29, 1.82) is 0 Å². The van der Waals surface area contributed by atoms with Crippen molar-refractivity contribution in [2.24, 2.45) is 0 Å². The van der Waals surface area contributed by atoms with Gasteiger partial charge in [-0.05, 0) is 32.0 Å². The van der Waals surface area contributed by atoms with Gasteiger partial charge in [-0.2, -0.15) is 0 Å². The van der Waals surface area contributed by atoms with Gasteiger partial charge in [0.05, 0.1) is 18.3 Å². The van der Waals surface area contributed by atoms with Gasteiger partial charge in [0, 0.05) is 28.6 Å². The molecule has 0 fully saturated rings. The first kappa shape index (κ1) is 16.5. The van der Waals surface area contributed by atoms with Crippen LogP contribution in [0.2, 0.25) is 0 Å². The molecule has 1 atom stereocenters. The second-order valence-corrected chi connectivity index (χ2v) is 6.89. The summed E-state index contributed by atoms with van der Waals surface area (Å²) in [5.41, 5.74) is 1.58. The third kappa shape index (κ3) is 4.10. The van der Waals surface area contributed by atoms with Gasteiger partial charge in [-0.3, -0.25) is 0 Å². The quantitative estimate of drug-likeness (QED) is 0.778. The molecule has 1 heterocycles. The van der Waals surface area contributed by atoms with E-state index in [9.17, 15) is 4.39 Å². The smallest absolute Gasteiger partial charge is 0.128 e. The van der Waals surface area contributed by atoms with Crippen LogP contribution in [0.5, 0.6) is 0 Å². The highest BCUT2D eigenvalue weighted by molar-refractivity contribution is 9.10. The monoisotopic (exact) mass is 372 g/mol. The molecule has 2 aromatic rings. The van der Waals surface area contributed by atoms with Gasteiger partial charge in [0.15, 0.2) is 0 Å². The van der Waals surface area contributed by atoms with Crippen LogP contribution in [0.4, 0.5) is 4.39 Å². The average Bonchev–Trinajstić information content (AvgIpc) is 2.78. The number of rotatable bonds is 6. The normalized spacial score (nSPS) is 12.6. The Labute approximate surface area is 136 Å². The highest BCUT2D eigenvalue weighted by atomic mass is 79.9. The maximum atomic E-state index is 14.2. The molecular formula is C15H18BrFN2OS. The van der Waals surface area contributed by atoms with E-state index in [0.29, 0.717) is 18.7 Å². The largest absolute Gasteiger partial charge is 0.383 e. The standard InChI is InChI=1S/C15H18BrFN2OS/c1-9-10(2)21-15(19-9)14(18-6-7-20-3)12-8-11(16)4-5-13(12)17/h4-5,8,14,18H,6-7H2,1-3H3. The van der Waals surface area contributed by atoms with Crippen molar-refractivity contribution in [3.05, 3.63) is 49.6 Å². The minimum atomic E-state index is -0.268. The molecule has 0 radical (unpaired) electrons. The first-order valence-electron chi connectivity index (χ1n) is 6.64. The summed E-state index contributed by atoms with van der Waals surface area (Å²) >= 11 is 5.00. The van der Waals surface area contributed by atoms with E-state index in [0.717, 1.165) is 20.1 Å². The second-order valence-electron chi connectivity index (χ2n) is 4.74. The number of hydrogen-bond acceptors (Lipinski definition) is 4. The SMILES string of the molecule is COCCNC(c1nc(C)c(C)s1)c1cc(Br)ccc1F. The number of ether oxygens (including phenoxy) is 1. The molecule has 21 heavy (non-hydrogen) atoms. The van der Waals surface area contributed by atoms with Gasteiger partial charge in [0.1, 0.15) is 10.8 Å². The van der Waals surface area contributed by atoms with Crippen molar-refractivity contribution in [2.45, 2.75) is 19.9 Å². The lowest BCUT2D eigenvalue weighted by Crippen LogP contribution is -2.26. The third-order valence-electron chi connectivity index (χ3n) is 3.22. The topological polar surface area (TPSA) is 34.1 Å². The lowest BCUT2D eigenvalue weighted by molar-refractivity contribution is 0.197. The van der Waals surface area contributed by atoms with Crippen LogP contribution in [0.25, 0.3) is 0 Å². The highest BCUT2D eigenvalue weighted by Gasteiger charge is 2.21. The molecule has 1 aromatic carbocycles. The summed E-state index contributed by atoms with van der Waals surface area (Å²) in [6, 6.07) is 4.70. The van der Waals surface area contributed by atoms with Crippen LogP contribution in [-0.2, 0) is 4.74 Å². The molecule has 3 nitrogen and oxygen atoms in total. The molecule has 114 valence electrons. The first-order valence-corrected chi connectivity index (χ1v) is 8.25. The average molecular weight is 373 g/mol. The van der Waals surface area contributed by atoms with Gasteiger partial charge in [0.2, 0.25) is 0 Å². The molecular weight excluding hydrogens is 355 g/mol. The number of aromatic nitrogens is 1. The predicted molar refractivity (Wildman–Crippen MR) is 87.4 cm³/mol. The maximum absolute atomic E-state index is 14.2. The Bertz CT molecular complexity index is 598. The number of thiazole rings is 1. The number of methoxy groups -OCH3 is 1. The Kier molecular flexibility index (Phi) is 5.87. The molecule has 0 aliphatic carbocycles. The van der Waals surface area contributed by atoms with Crippen LogP contribution in [0.3, 0.4) is 0 Å². The Morgan fingerprint density at radius 3 is 2.81 bits per heavy atom. The van der Waals surface area contributed by atoms with E-state index >= 15 is 0 Å². The first-order chi connectivity index (χ1) is 10.0. The maximum Gasteiger partial charge on any atom is 0.128 e. The zero-order valence-corrected chi connectivity index (χ0v) is 14.6. The van der Waals surface area contributed by atoms with E-state index in [2.05, 4.69) is 26.2 Å². The van der Waals surface area contributed by atoms with Crippen molar-refractivity contribution >= 4 is 27.3 Å². The van der Waals surface area contributed by atoms with Crippen molar-refractivity contribution in [2.75, 3.05) is 20.3 Å². The van der Waals surface area contributed by atoms with Crippen LogP contribution in [0, 0.1) is 19.7 Å². The number of nitrogens with zero attached hydrogens (tertiary/aromatic N) is 1. The summed E-state index contributed by atoms with van der Waals surface area (Å²) in [5, 5.41) is 4.20. The van der Waals surface area contributed by atoms with E-state index < -0.39 is 0 Å². The van der Waals surface area contributed by atoms with Gasteiger partial charge < -0.3 is 10.1 Å². The predicted octanol–water partition coefficient (Wildman–Crippen LogP) is 3.99.